The molecule has 5 nitrogen and oxygen atoms in total. The van der Waals surface area contributed by atoms with Crippen molar-refractivity contribution in [2.24, 2.45) is 0 Å². The summed E-state index contributed by atoms with van der Waals surface area (Å²) in [5.41, 5.74) is 1.000. The van der Waals surface area contributed by atoms with Crippen molar-refractivity contribution in [3.63, 3.8) is 0 Å². The van der Waals surface area contributed by atoms with Crippen LogP contribution in [0.25, 0.3) is 0 Å². The van der Waals surface area contributed by atoms with E-state index in [0.717, 1.165) is 31.2 Å². The summed E-state index contributed by atoms with van der Waals surface area (Å²) < 4.78 is 32.5. The SMILES string of the molecule is CCCCCCC(COC(C)=O)NS(=O)(=O)c1ccc(C)cc1. The van der Waals surface area contributed by atoms with Crippen LogP contribution in [-0.4, -0.2) is 27.0 Å². The zero-order valence-electron chi connectivity index (χ0n) is 14.2. The Kier molecular flexibility index (Phi) is 8.26. The van der Waals surface area contributed by atoms with Crippen molar-refractivity contribution in [2.45, 2.75) is 63.8 Å². The average Bonchev–Trinajstić information content (AvgIpc) is 2.49. The molecule has 0 radical (unpaired) electrons. The van der Waals surface area contributed by atoms with Crippen LogP contribution in [-0.2, 0) is 19.6 Å². The highest BCUT2D eigenvalue weighted by Gasteiger charge is 2.20. The van der Waals surface area contributed by atoms with Crippen LogP contribution in [0.5, 0.6) is 0 Å². The molecule has 0 amide bonds. The molecule has 130 valence electrons. The van der Waals surface area contributed by atoms with E-state index >= 15 is 0 Å². The van der Waals surface area contributed by atoms with Gasteiger partial charge in [0.05, 0.1) is 10.9 Å². The summed E-state index contributed by atoms with van der Waals surface area (Å²) in [6.07, 6.45) is 4.82. The molecule has 0 bridgehead atoms. The molecule has 1 unspecified atom stereocenters. The summed E-state index contributed by atoms with van der Waals surface area (Å²) in [7, 11) is -3.61. The highest BCUT2D eigenvalue weighted by molar-refractivity contribution is 7.89. The number of benzene rings is 1. The van der Waals surface area contributed by atoms with Crippen molar-refractivity contribution in [3.8, 4) is 0 Å². The Morgan fingerprint density at radius 3 is 2.39 bits per heavy atom. The lowest BCUT2D eigenvalue weighted by Gasteiger charge is -2.18. The number of hydrogen-bond acceptors (Lipinski definition) is 4. The number of ether oxygens (including phenoxy) is 1. The fourth-order valence-corrected chi connectivity index (χ4v) is 3.47. The smallest absolute Gasteiger partial charge is 0.302 e. The Morgan fingerprint density at radius 2 is 1.83 bits per heavy atom. The number of esters is 1. The fraction of sp³-hybridized carbons (Fsp3) is 0.588. The molecule has 1 aromatic rings. The third-order valence-corrected chi connectivity index (χ3v) is 5.08. The minimum atomic E-state index is -3.61. The lowest BCUT2D eigenvalue weighted by atomic mass is 10.1. The molecule has 1 rings (SSSR count). The molecule has 1 atom stereocenters. The molecule has 23 heavy (non-hydrogen) atoms. The van der Waals surface area contributed by atoms with Gasteiger partial charge in [-0.15, -0.1) is 0 Å². The van der Waals surface area contributed by atoms with Crippen molar-refractivity contribution in [1.29, 1.82) is 0 Å². The molecule has 0 heterocycles. The topological polar surface area (TPSA) is 72.5 Å². The van der Waals surface area contributed by atoms with E-state index in [-0.39, 0.29) is 11.5 Å². The maximum atomic E-state index is 12.4. The van der Waals surface area contributed by atoms with Crippen LogP contribution in [0.4, 0.5) is 0 Å². The highest BCUT2D eigenvalue weighted by Crippen LogP contribution is 2.13. The number of hydrogen-bond donors (Lipinski definition) is 1. The minimum absolute atomic E-state index is 0.0621. The van der Waals surface area contributed by atoms with E-state index in [4.69, 9.17) is 4.74 Å². The molecule has 0 aromatic heterocycles. The number of unbranched alkanes of at least 4 members (excludes halogenated alkanes) is 3. The maximum absolute atomic E-state index is 12.4. The molecule has 6 heteroatoms. The number of nitrogens with one attached hydrogen (secondary N) is 1. The average molecular weight is 341 g/mol. The lowest BCUT2D eigenvalue weighted by Crippen LogP contribution is -2.38. The van der Waals surface area contributed by atoms with Gasteiger partial charge in [-0.25, -0.2) is 13.1 Å². The van der Waals surface area contributed by atoms with Gasteiger partial charge in [0, 0.05) is 6.92 Å². The monoisotopic (exact) mass is 341 g/mol. The summed E-state index contributed by atoms with van der Waals surface area (Å²) in [6.45, 7) is 5.41. The van der Waals surface area contributed by atoms with E-state index in [1.54, 1.807) is 24.3 Å². The molecule has 0 aliphatic heterocycles. The molecule has 0 aliphatic carbocycles. The molecule has 1 N–H and O–H groups in total. The molecule has 0 spiro atoms. The predicted molar refractivity (Wildman–Crippen MR) is 90.7 cm³/mol. The number of rotatable bonds is 10. The van der Waals surface area contributed by atoms with Gasteiger partial charge >= 0.3 is 5.97 Å². The van der Waals surface area contributed by atoms with E-state index in [1.165, 1.54) is 6.92 Å². The number of carbonyl (C=O) groups is 1. The minimum Gasteiger partial charge on any atom is -0.464 e. The van der Waals surface area contributed by atoms with Gasteiger partial charge in [-0.05, 0) is 25.5 Å². The first-order chi connectivity index (χ1) is 10.8. The van der Waals surface area contributed by atoms with Crippen LogP contribution in [0.15, 0.2) is 29.2 Å². The normalized spacial score (nSPS) is 12.8. The van der Waals surface area contributed by atoms with Crippen molar-refractivity contribution >= 4 is 16.0 Å². The molecule has 0 saturated heterocycles. The summed E-state index contributed by atoms with van der Waals surface area (Å²) >= 11 is 0. The van der Waals surface area contributed by atoms with Gasteiger partial charge in [-0.3, -0.25) is 4.79 Å². The van der Waals surface area contributed by atoms with Gasteiger partial charge in [0.2, 0.25) is 10.0 Å². The van der Waals surface area contributed by atoms with Gasteiger partial charge < -0.3 is 4.74 Å². The van der Waals surface area contributed by atoms with E-state index in [2.05, 4.69) is 11.6 Å². The zero-order valence-corrected chi connectivity index (χ0v) is 15.0. The second-order valence-corrected chi connectivity index (χ2v) is 7.50. The van der Waals surface area contributed by atoms with Crippen LogP contribution in [0.2, 0.25) is 0 Å². The Labute approximate surface area is 139 Å². The van der Waals surface area contributed by atoms with Crippen molar-refractivity contribution in [3.05, 3.63) is 29.8 Å². The Bertz CT molecular complexity index is 581. The van der Waals surface area contributed by atoms with E-state index in [0.29, 0.717) is 6.42 Å². The first-order valence-corrected chi connectivity index (χ1v) is 9.56. The summed E-state index contributed by atoms with van der Waals surface area (Å²) in [6, 6.07) is 6.28. The van der Waals surface area contributed by atoms with Crippen molar-refractivity contribution in [1.82, 2.24) is 4.72 Å². The zero-order chi connectivity index (χ0) is 17.3. The summed E-state index contributed by atoms with van der Waals surface area (Å²) in [5.74, 6) is -0.405. The number of aryl methyl sites for hydroxylation is 1. The van der Waals surface area contributed by atoms with Crippen LogP contribution in [0, 0.1) is 6.92 Å². The van der Waals surface area contributed by atoms with Gasteiger partial charge in [-0.1, -0.05) is 50.3 Å². The van der Waals surface area contributed by atoms with E-state index in [1.807, 2.05) is 6.92 Å². The standard InChI is InChI=1S/C17H27NO4S/c1-4-5-6-7-8-16(13-22-15(3)19)18-23(20,21)17-11-9-14(2)10-12-17/h9-12,16,18H,4-8,13H2,1-3H3. The molecule has 0 fully saturated rings. The number of sulfonamides is 1. The quantitative estimate of drug-likeness (QED) is 0.524. The first-order valence-electron chi connectivity index (χ1n) is 8.07. The van der Waals surface area contributed by atoms with Gasteiger partial charge in [0.25, 0.3) is 0 Å². The summed E-state index contributed by atoms with van der Waals surface area (Å²) in [5, 5.41) is 0. The van der Waals surface area contributed by atoms with Crippen LogP contribution < -0.4 is 4.72 Å². The van der Waals surface area contributed by atoms with Crippen molar-refractivity contribution in [2.75, 3.05) is 6.61 Å². The lowest BCUT2D eigenvalue weighted by molar-refractivity contribution is -0.141. The largest absolute Gasteiger partial charge is 0.464 e. The van der Waals surface area contributed by atoms with E-state index in [9.17, 15) is 13.2 Å². The molecule has 1 aromatic carbocycles. The molecule has 0 aliphatic rings. The predicted octanol–water partition coefficient (Wildman–Crippen LogP) is 3.18. The second-order valence-electron chi connectivity index (χ2n) is 5.78. The highest BCUT2D eigenvalue weighted by atomic mass is 32.2. The molecule has 0 saturated carbocycles. The van der Waals surface area contributed by atoms with Crippen LogP contribution in [0.1, 0.15) is 51.5 Å². The number of carbonyl (C=O) groups excluding carboxylic acids is 1. The maximum Gasteiger partial charge on any atom is 0.302 e. The van der Waals surface area contributed by atoms with Gasteiger partial charge in [0.15, 0.2) is 0 Å². The van der Waals surface area contributed by atoms with Crippen LogP contribution in [0.3, 0.4) is 0 Å². The van der Waals surface area contributed by atoms with Gasteiger partial charge in [0.1, 0.15) is 6.61 Å². The van der Waals surface area contributed by atoms with Crippen molar-refractivity contribution < 1.29 is 17.9 Å². The van der Waals surface area contributed by atoms with Crippen LogP contribution >= 0.6 is 0 Å². The second kappa shape index (κ2) is 9.67. The molecular formula is C17H27NO4S. The first kappa shape index (κ1) is 19.6. The van der Waals surface area contributed by atoms with E-state index < -0.39 is 22.0 Å². The third kappa shape index (κ3) is 7.61. The van der Waals surface area contributed by atoms with Gasteiger partial charge in [-0.2, -0.15) is 0 Å². The Balaban J connectivity index is 2.72. The summed E-state index contributed by atoms with van der Waals surface area (Å²) in [4.78, 5) is 11.2. The fourth-order valence-electron chi connectivity index (χ4n) is 2.22. The Morgan fingerprint density at radius 1 is 1.17 bits per heavy atom. The third-order valence-electron chi connectivity index (χ3n) is 3.55. The Hall–Kier alpha value is -1.40. The molecular weight excluding hydrogens is 314 g/mol.